The molecule has 0 aliphatic heterocycles. The first-order valence-corrected chi connectivity index (χ1v) is 10.3. The first kappa shape index (κ1) is 25.2. The van der Waals surface area contributed by atoms with E-state index < -0.39 is 77.4 Å². The van der Waals surface area contributed by atoms with Crippen LogP contribution in [0.4, 0.5) is 30.2 Å². The van der Waals surface area contributed by atoms with Crippen molar-refractivity contribution >= 4 is 38.8 Å². The third-order valence-electron chi connectivity index (χ3n) is 3.92. The van der Waals surface area contributed by atoms with E-state index in [2.05, 4.69) is 4.74 Å². The van der Waals surface area contributed by atoms with Crippen LogP contribution >= 0.6 is 0 Å². The van der Waals surface area contributed by atoms with E-state index in [1.807, 2.05) is 5.32 Å². The number of rotatable bonds is 7. The van der Waals surface area contributed by atoms with Gasteiger partial charge in [-0.15, -0.1) is 0 Å². The number of halogens is 3. The van der Waals surface area contributed by atoms with Gasteiger partial charge in [-0.05, 0) is 24.3 Å². The Hall–Kier alpha value is -4.08. The van der Waals surface area contributed by atoms with Crippen LogP contribution < -0.4 is 5.32 Å². The number of carbonyl (C=O) groups is 2. The fourth-order valence-corrected chi connectivity index (χ4v) is 3.29. The van der Waals surface area contributed by atoms with Crippen molar-refractivity contribution in [3.63, 3.8) is 0 Å². The van der Waals surface area contributed by atoms with Gasteiger partial charge in [0.15, 0.2) is 16.4 Å². The third-order valence-corrected chi connectivity index (χ3v) is 5.07. The van der Waals surface area contributed by atoms with Gasteiger partial charge in [-0.3, -0.25) is 25.0 Å². The predicted octanol–water partition coefficient (Wildman–Crippen LogP) is 2.72. The normalized spacial score (nSPS) is 11.5. The number of nitrogens with zero attached hydrogens (tertiary/aromatic N) is 2. The lowest BCUT2D eigenvalue weighted by Crippen LogP contribution is -2.21. The van der Waals surface area contributed by atoms with E-state index in [4.69, 9.17) is 0 Å². The Morgan fingerprint density at radius 2 is 1.64 bits per heavy atom. The molecule has 16 heteroatoms. The van der Waals surface area contributed by atoms with Crippen molar-refractivity contribution in [3.05, 3.63) is 67.8 Å². The molecule has 0 radical (unpaired) electrons. The number of nitrogens with one attached hydrogen (secondary N) is 1. The van der Waals surface area contributed by atoms with Crippen molar-refractivity contribution < 1.29 is 45.8 Å². The molecular weight excluding hydrogens is 479 g/mol. The molecule has 176 valence electrons. The first-order chi connectivity index (χ1) is 15.1. The Bertz CT molecular complexity index is 1260. The average Bonchev–Trinajstić information content (AvgIpc) is 2.70. The van der Waals surface area contributed by atoms with Gasteiger partial charge in [-0.1, -0.05) is 0 Å². The number of ether oxygens (including phenoxy) is 1. The quantitative estimate of drug-likeness (QED) is 0.347. The molecule has 1 N–H and O–H groups in total. The molecule has 2 aromatic carbocycles. The molecule has 0 saturated carbocycles. The number of nitro benzene ring substituents is 2. The van der Waals surface area contributed by atoms with Gasteiger partial charge in [0, 0.05) is 18.4 Å². The van der Waals surface area contributed by atoms with Crippen LogP contribution in [-0.4, -0.2) is 43.0 Å². The second kappa shape index (κ2) is 9.19. The van der Waals surface area contributed by atoms with E-state index in [-0.39, 0.29) is 6.07 Å². The molecule has 33 heavy (non-hydrogen) atoms. The molecule has 0 aliphatic rings. The summed E-state index contributed by atoms with van der Waals surface area (Å²) in [6.07, 6.45) is -4.14. The number of amides is 1. The fourth-order valence-electron chi connectivity index (χ4n) is 2.47. The lowest BCUT2D eigenvalue weighted by Gasteiger charge is -2.10. The third kappa shape index (κ3) is 6.22. The molecule has 1 amide bonds. The first-order valence-electron chi connectivity index (χ1n) is 8.42. The molecule has 0 aromatic heterocycles. The lowest BCUT2D eigenvalue weighted by molar-refractivity contribution is -0.387. The van der Waals surface area contributed by atoms with E-state index in [0.29, 0.717) is 18.2 Å². The second-order valence-electron chi connectivity index (χ2n) is 6.32. The van der Waals surface area contributed by atoms with Gasteiger partial charge in [-0.25, -0.2) is 13.2 Å². The number of nitro groups is 2. The van der Waals surface area contributed by atoms with Crippen LogP contribution in [0.1, 0.15) is 15.9 Å². The van der Waals surface area contributed by atoms with Crippen LogP contribution in [-0.2, 0) is 25.5 Å². The molecular formula is C17H12F3N3O9S. The van der Waals surface area contributed by atoms with Crippen LogP contribution in [0.5, 0.6) is 0 Å². The number of hydrogen-bond acceptors (Lipinski definition) is 9. The minimum atomic E-state index is -4.86. The van der Waals surface area contributed by atoms with Gasteiger partial charge in [0.05, 0.1) is 21.0 Å². The van der Waals surface area contributed by atoms with Gasteiger partial charge in [0.2, 0.25) is 0 Å². The number of hydrogen-bond donors (Lipinski definition) is 1. The molecule has 12 nitrogen and oxygen atoms in total. The van der Waals surface area contributed by atoms with Crippen LogP contribution in [0.3, 0.4) is 0 Å². The standard InChI is InChI=1S/C17H12F3N3O9S/c1-33(30,31)14-5-2-9(6-13(14)23(28)29)16(25)32-8-15(24)21-11-4-3-10(17(18,19)20)7-12(11)22(26)27/h2-7H,8H2,1H3,(H,21,24). The van der Waals surface area contributed by atoms with Gasteiger partial charge >= 0.3 is 12.1 Å². The van der Waals surface area contributed by atoms with E-state index in [1.54, 1.807) is 0 Å². The zero-order valence-electron chi connectivity index (χ0n) is 16.3. The number of anilines is 1. The highest BCUT2D eigenvalue weighted by Gasteiger charge is 2.33. The summed E-state index contributed by atoms with van der Waals surface area (Å²) in [6.45, 7) is -1.06. The SMILES string of the molecule is CS(=O)(=O)c1ccc(C(=O)OCC(=O)Nc2ccc(C(F)(F)F)cc2[N+](=O)[O-])cc1[N+](=O)[O-]. The largest absolute Gasteiger partial charge is 0.452 e. The molecule has 2 aromatic rings. The van der Waals surface area contributed by atoms with E-state index in [1.165, 1.54) is 0 Å². The highest BCUT2D eigenvalue weighted by atomic mass is 32.2. The van der Waals surface area contributed by atoms with Gasteiger partial charge in [-0.2, -0.15) is 13.2 Å². The van der Waals surface area contributed by atoms with Gasteiger partial charge in [0.1, 0.15) is 10.6 Å². The minimum absolute atomic E-state index is 0.212. The monoisotopic (exact) mass is 491 g/mol. The van der Waals surface area contributed by atoms with Crippen LogP contribution in [0.2, 0.25) is 0 Å². The molecule has 0 heterocycles. The fraction of sp³-hybridized carbons (Fsp3) is 0.176. The van der Waals surface area contributed by atoms with Crippen LogP contribution in [0.25, 0.3) is 0 Å². The maximum atomic E-state index is 12.7. The van der Waals surface area contributed by atoms with E-state index in [9.17, 15) is 51.4 Å². The van der Waals surface area contributed by atoms with Gasteiger partial charge in [0.25, 0.3) is 17.3 Å². The maximum Gasteiger partial charge on any atom is 0.416 e. The highest BCUT2D eigenvalue weighted by Crippen LogP contribution is 2.35. The second-order valence-corrected chi connectivity index (χ2v) is 8.31. The molecule has 0 spiro atoms. The summed E-state index contributed by atoms with van der Waals surface area (Å²) in [5, 5.41) is 24.0. The molecule has 0 saturated heterocycles. The number of carbonyl (C=O) groups excluding carboxylic acids is 2. The smallest absolute Gasteiger partial charge is 0.416 e. The zero-order chi connectivity index (χ0) is 25.1. The van der Waals surface area contributed by atoms with E-state index >= 15 is 0 Å². The molecule has 0 bridgehead atoms. The molecule has 0 fully saturated rings. The lowest BCUT2D eigenvalue weighted by atomic mass is 10.1. The molecule has 0 atom stereocenters. The van der Waals surface area contributed by atoms with Crippen molar-refractivity contribution in [1.82, 2.24) is 0 Å². The van der Waals surface area contributed by atoms with Crippen LogP contribution in [0, 0.1) is 20.2 Å². The average molecular weight is 491 g/mol. The van der Waals surface area contributed by atoms with Crippen molar-refractivity contribution in [2.75, 3.05) is 18.2 Å². The summed E-state index contributed by atoms with van der Waals surface area (Å²) in [6, 6.07) is 3.69. The van der Waals surface area contributed by atoms with Crippen LogP contribution in [0.15, 0.2) is 41.3 Å². The Kier molecular flexibility index (Phi) is 7.01. The van der Waals surface area contributed by atoms with Gasteiger partial charge < -0.3 is 10.1 Å². The Balaban J connectivity index is 2.16. The molecule has 0 unspecified atom stereocenters. The van der Waals surface area contributed by atoms with Crippen molar-refractivity contribution in [3.8, 4) is 0 Å². The van der Waals surface area contributed by atoms with Crippen molar-refractivity contribution in [2.24, 2.45) is 0 Å². The summed E-state index contributed by atoms with van der Waals surface area (Å²) in [5.41, 5.74) is -4.35. The summed E-state index contributed by atoms with van der Waals surface area (Å²) in [4.78, 5) is 43.3. The summed E-state index contributed by atoms with van der Waals surface area (Å²) >= 11 is 0. The number of esters is 1. The highest BCUT2D eigenvalue weighted by molar-refractivity contribution is 7.90. The number of benzene rings is 2. The summed E-state index contributed by atoms with van der Waals surface area (Å²) in [7, 11) is -3.99. The topological polar surface area (TPSA) is 176 Å². The van der Waals surface area contributed by atoms with Crippen molar-refractivity contribution in [2.45, 2.75) is 11.1 Å². The van der Waals surface area contributed by atoms with E-state index in [0.717, 1.165) is 18.4 Å². The number of sulfone groups is 1. The molecule has 2 rings (SSSR count). The Morgan fingerprint density at radius 3 is 2.15 bits per heavy atom. The Morgan fingerprint density at radius 1 is 1.03 bits per heavy atom. The number of alkyl halides is 3. The zero-order valence-corrected chi connectivity index (χ0v) is 17.1. The summed E-state index contributed by atoms with van der Waals surface area (Å²) in [5.74, 6) is -2.43. The maximum absolute atomic E-state index is 12.7. The Labute approximate surface area is 182 Å². The predicted molar refractivity (Wildman–Crippen MR) is 103 cm³/mol. The minimum Gasteiger partial charge on any atom is -0.452 e. The molecule has 0 aliphatic carbocycles. The van der Waals surface area contributed by atoms with Crippen molar-refractivity contribution in [1.29, 1.82) is 0 Å². The summed E-state index contributed by atoms with van der Waals surface area (Å²) < 4.78 is 66.0.